The van der Waals surface area contributed by atoms with Crippen LogP contribution in [0, 0.1) is 0 Å². The molecular weight excluding hydrogens is 282 g/mol. The molecule has 0 bridgehead atoms. The number of hydrogen-bond acceptors (Lipinski definition) is 4. The van der Waals surface area contributed by atoms with Gasteiger partial charge in [0.25, 0.3) is 17.7 Å². The highest BCUT2D eigenvalue weighted by Gasteiger charge is 2.34. The summed E-state index contributed by atoms with van der Waals surface area (Å²) in [5.74, 6) is -1.01. The minimum absolute atomic E-state index is 0.270. The van der Waals surface area contributed by atoms with Crippen LogP contribution in [0.15, 0.2) is 18.2 Å². The van der Waals surface area contributed by atoms with Crippen molar-refractivity contribution < 1.29 is 14.4 Å². The molecule has 3 N–H and O–H groups in total. The first-order valence-electron chi connectivity index (χ1n) is 7.38. The van der Waals surface area contributed by atoms with Gasteiger partial charge in [-0.2, -0.15) is 0 Å². The largest absolute Gasteiger partial charge is 0.345 e. The predicted octanol–water partition coefficient (Wildman–Crippen LogP) is 1.16. The summed E-state index contributed by atoms with van der Waals surface area (Å²) in [6, 6.07) is 4.56. The summed E-state index contributed by atoms with van der Waals surface area (Å²) in [6.07, 6.45) is 1.44. The van der Waals surface area contributed by atoms with Gasteiger partial charge >= 0.3 is 0 Å². The molecule has 1 heterocycles. The fourth-order valence-electron chi connectivity index (χ4n) is 2.58. The number of carbonyl (C=O) groups is 3. The van der Waals surface area contributed by atoms with E-state index >= 15 is 0 Å². The lowest BCUT2D eigenvalue weighted by atomic mass is 9.92. The molecule has 1 aromatic rings. The zero-order valence-electron chi connectivity index (χ0n) is 13.1. The Morgan fingerprint density at radius 3 is 2.32 bits per heavy atom. The molecule has 6 nitrogen and oxygen atoms in total. The maximum atomic E-state index is 12.4. The normalized spacial score (nSPS) is 14.3. The second-order valence-corrected chi connectivity index (χ2v) is 5.58. The van der Waals surface area contributed by atoms with E-state index in [1.165, 1.54) is 19.2 Å². The van der Waals surface area contributed by atoms with Gasteiger partial charge in [-0.1, -0.05) is 13.8 Å². The number of imide groups is 1. The molecule has 0 saturated heterocycles. The minimum Gasteiger partial charge on any atom is -0.345 e. The van der Waals surface area contributed by atoms with Crippen molar-refractivity contribution in [2.75, 3.05) is 13.6 Å². The highest BCUT2D eigenvalue weighted by atomic mass is 16.2. The van der Waals surface area contributed by atoms with Crippen LogP contribution in [0.25, 0.3) is 0 Å². The van der Waals surface area contributed by atoms with Gasteiger partial charge < -0.3 is 11.1 Å². The van der Waals surface area contributed by atoms with Crippen molar-refractivity contribution in [2.24, 2.45) is 5.73 Å². The van der Waals surface area contributed by atoms with E-state index in [1.54, 1.807) is 6.07 Å². The standard InChI is InChI=1S/C16H21N3O3/c1-4-16(5-2,9-17)18-13(20)10-6-7-11-12(8-10)15(22)19(3)14(11)21/h6-8H,4-5,9,17H2,1-3H3,(H,18,20). The lowest BCUT2D eigenvalue weighted by molar-refractivity contribution is 0.0693. The van der Waals surface area contributed by atoms with Crippen LogP contribution in [0.1, 0.15) is 57.8 Å². The van der Waals surface area contributed by atoms with Gasteiger partial charge in [0.1, 0.15) is 0 Å². The summed E-state index contributed by atoms with van der Waals surface area (Å²) >= 11 is 0. The minimum atomic E-state index is -0.452. The van der Waals surface area contributed by atoms with E-state index in [0.717, 1.165) is 17.7 Å². The second kappa shape index (κ2) is 5.88. The average molecular weight is 303 g/mol. The first-order valence-corrected chi connectivity index (χ1v) is 7.38. The zero-order chi connectivity index (χ0) is 16.5. The Kier molecular flexibility index (Phi) is 4.32. The molecule has 1 aromatic carbocycles. The Morgan fingerprint density at radius 2 is 1.77 bits per heavy atom. The summed E-state index contributed by atoms with van der Waals surface area (Å²) in [4.78, 5) is 37.3. The Balaban J connectivity index is 2.30. The number of nitrogens with one attached hydrogen (secondary N) is 1. The number of rotatable bonds is 5. The molecule has 0 aromatic heterocycles. The smallest absolute Gasteiger partial charge is 0.261 e. The van der Waals surface area contributed by atoms with Crippen LogP contribution in [0.5, 0.6) is 0 Å². The Hall–Kier alpha value is -2.21. The topological polar surface area (TPSA) is 92.5 Å². The van der Waals surface area contributed by atoms with Crippen molar-refractivity contribution in [2.45, 2.75) is 32.2 Å². The van der Waals surface area contributed by atoms with Gasteiger partial charge in [-0.25, -0.2) is 0 Å². The third kappa shape index (κ3) is 2.50. The maximum Gasteiger partial charge on any atom is 0.261 e. The van der Waals surface area contributed by atoms with Gasteiger partial charge in [0, 0.05) is 19.2 Å². The number of amides is 3. The molecule has 6 heteroatoms. The van der Waals surface area contributed by atoms with Crippen molar-refractivity contribution >= 4 is 17.7 Å². The van der Waals surface area contributed by atoms with E-state index in [9.17, 15) is 14.4 Å². The molecule has 0 atom stereocenters. The first-order chi connectivity index (χ1) is 10.4. The number of nitrogens with two attached hydrogens (primary N) is 1. The molecule has 0 radical (unpaired) electrons. The molecule has 0 fully saturated rings. The van der Waals surface area contributed by atoms with Gasteiger partial charge in [0.05, 0.1) is 16.7 Å². The molecule has 1 aliphatic rings. The Bertz CT molecular complexity index is 627. The first kappa shape index (κ1) is 16.2. The maximum absolute atomic E-state index is 12.4. The highest BCUT2D eigenvalue weighted by Crippen LogP contribution is 2.23. The van der Waals surface area contributed by atoms with Crippen molar-refractivity contribution in [3.63, 3.8) is 0 Å². The van der Waals surface area contributed by atoms with Crippen LogP contribution < -0.4 is 11.1 Å². The fourth-order valence-corrected chi connectivity index (χ4v) is 2.58. The summed E-state index contributed by atoms with van der Waals surface area (Å²) in [5, 5.41) is 2.95. The molecule has 3 amide bonds. The lowest BCUT2D eigenvalue weighted by Crippen LogP contribution is -2.52. The lowest BCUT2D eigenvalue weighted by Gasteiger charge is -2.31. The van der Waals surface area contributed by atoms with E-state index in [4.69, 9.17) is 5.73 Å². The second-order valence-electron chi connectivity index (χ2n) is 5.58. The van der Waals surface area contributed by atoms with Crippen molar-refractivity contribution in [3.8, 4) is 0 Å². The van der Waals surface area contributed by atoms with Crippen LogP contribution in [-0.2, 0) is 0 Å². The zero-order valence-corrected chi connectivity index (χ0v) is 13.1. The molecule has 0 saturated carbocycles. The predicted molar refractivity (Wildman–Crippen MR) is 82.7 cm³/mol. The Labute approximate surface area is 129 Å². The summed E-state index contributed by atoms with van der Waals surface area (Å²) in [6.45, 7) is 4.28. The molecule has 118 valence electrons. The van der Waals surface area contributed by atoms with Crippen LogP contribution in [0.3, 0.4) is 0 Å². The highest BCUT2D eigenvalue weighted by molar-refractivity contribution is 6.21. The van der Waals surface area contributed by atoms with Crippen LogP contribution in [0.2, 0.25) is 0 Å². The van der Waals surface area contributed by atoms with Gasteiger partial charge in [-0.3, -0.25) is 19.3 Å². The molecule has 2 rings (SSSR count). The SMILES string of the molecule is CCC(CC)(CN)NC(=O)c1ccc2c(c1)C(=O)N(C)C2=O. The van der Waals surface area contributed by atoms with Gasteiger partial charge in [0.2, 0.25) is 0 Å². The van der Waals surface area contributed by atoms with E-state index in [1.807, 2.05) is 13.8 Å². The third-order valence-corrected chi connectivity index (χ3v) is 4.47. The molecule has 0 aliphatic carbocycles. The molecule has 0 spiro atoms. The summed E-state index contributed by atoms with van der Waals surface area (Å²) in [7, 11) is 1.43. The van der Waals surface area contributed by atoms with E-state index in [-0.39, 0.29) is 23.3 Å². The van der Waals surface area contributed by atoms with Crippen LogP contribution in [-0.4, -0.2) is 41.8 Å². The van der Waals surface area contributed by atoms with Gasteiger partial charge in [-0.05, 0) is 31.0 Å². The van der Waals surface area contributed by atoms with Crippen LogP contribution >= 0.6 is 0 Å². The Morgan fingerprint density at radius 1 is 1.18 bits per heavy atom. The van der Waals surface area contributed by atoms with Crippen molar-refractivity contribution in [1.29, 1.82) is 0 Å². The average Bonchev–Trinajstić information content (AvgIpc) is 2.77. The fraction of sp³-hybridized carbons (Fsp3) is 0.438. The number of hydrogen-bond donors (Lipinski definition) is 2. The van der Waals surface area contributed by atoms with Crippen LogP contribution in [0.4, 0.5) is 0 Å². The molecule has 0 unspecified atom stereocenters. The molecular formula is C16H21N3O3. The number of fused-ring (bicyclic) bond motifs is 1. The number of nitrogens with zero attached hydrogens (tertiary/aromatic N) is 1. The van der Waals surface area contributed by atoms with Crippen molar-refractivity contribution in [1.82, 2.24) is 10.2 Å². The monoisotopic (exact) mass is 303 g/mol. The van der Waals surface area contributed by atoms with E-state index in [0.29, 0.717) is 17.7 Å². The summed E-state index contributed by atoms with van der Waals surface area (Å²) < 4.78 is 0. The van der Waals surface area contributed by atoms with Crippen molar-refractivity contribution in [3.05, 3.63) is 34.9 Å². The van der Waals surface area contributed by atoms with Gasteiger partial charge in [0.15, 0.2) is 0 Å². The summed E-state index contributed by atoms with van der Waals surface area (Å²) in [5.41, 5.74) is 6.29. The molecule has 1 aliphatic heterocycles. The number of carbonyl (C=O) groups excluding carboxylic acids is 3. The molecule has 22 heavy (non-hydrogen) atoms. The quantitative estimate of drug-likeness (QED) is 0.798. The van der Waals surface area contributed by atoms with Gasteiger partial charge in [-0.15, -0.1) is 0 Å². The number of benzene rings is 1. The van der Waals surface area contributed by atoms with E-state index in [2.05, 4.69) is 5.32 Å². The third-order valence-electron chi connectivity index (χ3n) is 4.47. The van der Waals surface area contributed by atoms with E-state index < -0.39 is 5.54 Å².